The summed E-state index contributed by atoms with van der Waals surface area (Å²) in [6.45, 7) is 3.33. The predicted octanol–water partition coefficient (Wildman–Crippen LogP) is 0.906. The first-order valence-electron chi connectivity index (χ1n) is 5.76. The predicted molar refractivity (Wildman–Crippen MR) is 73.9 cm³/mol. The van der Waals surface area contributed by atoms with E-state index < -0.39 is 27.0 Å². The maximum atomic E-state index is 11.6. The van der Waals surface area contributed by atoms with Gasteiger partial charge in [0.2, 0.25) is 0 Å². The third-order valence-electron chi connectivity index (χ3n) is 2.23. The molecule has 111 valence electrons. The van der Waals surface area contributed by atoms with E-state index in [1.54, 1.807) is 13.8 Å². The van der Waals surface area contributed by atoms with Crippen LogP contribution in [-0.2, 0) is 19.6 Å². The first-order valence-corrected chi connectivity index (χ1v) is 7.20. The van der Waals surface area contributed by atoms with Gasteiger partial charge in [0.15, 0.2) is 0 Å². The minimum Gasteiger partial charge on any atom is -0.462 e. The Kier molecular flexibility index (Phi) is 8.12. The van der Waals surface area contributed by atoms with Crippen LogP contribution in [-0.4, -0.2) is 67.7 Å². The smallest absolute Gasteiger partial charge is 0.338 e. The number of carbonyl (C=O) groups is 2. The van der Waals surface area contributed by atoms with E-state index in [1.807, 2.05) is 0 Å². The quantitative estimate of drug-likeness (QED) is 0.487. The molecule has 0 atom stereocenters. The van der Waals surface area contributed by atoms with Gasteiger partial charge in [-0.05, 0) is 32.0 Å². The number of ether oxygens (including phenoxy) is 2. The summed E-state index contributed by atoms with van der Waals surface area (Å²) in [4.78, 5) is 22.6. The van der Waals surface area contributed by atoms with E-state index in [0.717, 1.165) is 18.2 Å². The van der Waals surface area contributed by atoms with Gasteiger partial charge in [0.25, 0.3) is 10.1 Å². The average Bonchev–Trinajstić information content (AvgIpc) is 2.37. The van der Waals surface area contributed by atoms with Crippen molar-refractivity contribution in [1.29, 1.82) is 0 Å². The van der Waals surface area contributed by atoms with E-state index >= 15 is 0 Å². The van der Waals surface area contributed by atoms with Gasteiger partial charge in [-0.1, -0.05) is 0 Å². The number of benzene rings is 1. The van der Waals surface area contributed by atoms with Crippen molar-refractivity contribution in [3.8, 4) is 0 Å². The summed E-state index contributed by atoms with van der Waals surface area (Å²) in [6, 6.07) is 3.00. The van der Waals surface area contributed by atoms with Gasteiger partial charge < -0.3 is 9.47 Å². The molecule has 1 aromatic carbocycles. The third-order valence-corrected chi connectivity index (χ3v) is 3.06. The molecule has 0 saturated carbocycles. The fourth-order valence-electron chi connectivity index (χ4n) is 1.41. The molecule has 0 amide bonds. The number of rotatable bonds is 5. The summed E-state index contributed by atoms with van der Waals surface area (Å²) in [5, 5.41) is 0. The fourth-order valence-corrected chi connectivity index (χ4v) is 1.96. The monoisotopic (exact) mass is 325 g/mol. The second-order valence-electron chi connectivity index (χ2n) is 3.66. The van der Waals surface area contributed by atoms with Crippen molar-refractivity contribution in [3.05, 3.63) is 29.3 Å². The van der Waals surface area contributed by atoms with Gasteiger partial charge in [-0.2, -0.15) is 8.42 Å². The van der Waals surface area contributed by atoms with E-state index in [4.69, 9.17) is 14.0 Å². The summed E-state index contributed by atoms with van der Waals surface area (Å²) in [7, 11) is -4.56. The maximum absolute atomic E-state index is 11.6. The Hall–Kier alpha value is -0.930. The molecule has 0 aromatic heterocycles. The summed E-state index contributed by atoms with van der Waals surface area (Å²) in [5.41, 5.74) is -0.324. The first kappa shape index (κ1) is 20.1. The molecule has 0 aliphatic carbocycles. The summed E-state index contributed by atoms with van der Waals surface area (Å²) >= 11 is 0. The van der Waals surface area contributed by atoms with Crippen LogP contribution in [0.1, 0.15) is 34.6 Å². The molecular weight excluding hydrogens is 311 g/mol. The zero-order valence-corrected chi connectivity index (χ0v) is 14.8. The van der Waals surface area contributed by atoms with E-state index in [2.05, 4.69) is 0 Å². The van der Waals surface area contributed by atoms with Crippen molar-refractivity contribution in [1.82, 2.24) is 0 Å². The molecule has 0 saturated heterocycles. The molecule has 1 N–H and O–H groups in total. The van der Waals surface area contributed by atoms with E-state index in [1.165, 1.54) is 0 Å². The Balaban J connectivity index is 0.00000400. The Morgan fingerprint density at radius 3 is 1.67 bits per heavy atom. The molecule has 0 aliphatic heterocycles. The van der Waals surface area contributed by atoms with Gasteiger partial charge in [0.1, 0.15) is 0 Å². The molecule has 0 bridgehead atoms. The van der Waals surface area contributed by atoms with Crippen LogP contribution in [0.15, 0.2) is 23.1 Å². The summed E-state index contributed by atoms with van der Waals surface area (Å²) in [5.74, 6) is -1.60. The van der Waals surface area contributed by atoms with E-state index in [0.29, 0.717) is 0 Å². The van der Waals surface area contributed by atoms with Gasteiger partial charge in [-0.25, -0.2) is 9.59 Å². The number of hydrogen-bond acceptors (Lipinski definition) is 6. The van der Waals surface area contributed by atoms with Crippen molar-refractivity contribution in [2.75, 3.05) is 13.2 Å². The van der Waals surface area contributed by atoms with Crippen molar-refractivity contribution in [2.24, 2.45) is 0 Å². The van der Waals surface area contributed by atoms with Crippen LogP contribution in [0, 0.1) is 0 Å². The van der Waals surface area contributed by atoms with E-state index in [-0.39, 0.29) is 53.9 Å². The SMILES string of the molecule is CCOC(=O)c1cc(C(=O)OCC)cc(S(=O)(=O)O)c1.[Na]. The van der Waals surface area contributed by atoms with Crippen molar-refractivity contribution in [2.45, 2.75) is 18.7 Å². The standard InChI is InChI=1S/C12H14O7S.Na/c1-3-18-11(13)8-5-9(12(14)19-4-2)7-10(6-8)20(15,16)17;/h5-7H,3-4H2,1-2H3,(H,15,16,17);. The van der Waals surface area contributed by atoms with Crippen LogP contribution in [0.25, 0.3) is 0 Å². The molecule has 0 aliphatic rings. The second-order valence-corrected chi connectivity index (χ2v) is 5.08. The molecule has 21 heavy (non-hydrogen) atoms. The molecule has 9 heteroatoms. The average molecular weight is 325 g/mol. The zero-order valence-electron chi connectivity index (χ0n) is 12.0. The topological polar surface area (TPSA) is 107 Å². The summed E-state index contributed by atoms with van der Waals surface area (Å²) in [6.07, 6.45) is 0. The first-order chi connectivity index (χ1) is 9.29. The Labute approximate surface area is 144 Å². The molecule has 1 radical (unpaired) electrons. The zero-order chi connectivity index (χ0) is 15.3. The number of carbonyl (C=O) groups excluding carboxylic acids is 2. The van der Waals surface area contributed by atoms with Crippen LogP contribution >= 0.6 is 0 Å². The van der Waals surface area contributed by atoms with Crippen LogP contribution in [0.4, 0.5) is 0 Å². The van der Waals surface area contributed by atoms with Gasteiger partial charge in [-0.15, -0.1) is 0 Å². The van der Waals surface area contributed by atoms with Gasteiger partial charge in [0, 0.05) is 29.6 Å². The molecule has 1 rings (SSSR count). The molecule has 0 unspecified atom stereocenters. The van der Waals surface area contributed by atoms with Gasteiger partial charge >= 0.3 is 11.9 Å². The van der Waals surface area contributed by atoms with Gasteiger partial charge in [0.05, 0.1) is 29.2 Å². The van der Waals surface area contributed by atoms with Gasteiger partial charge in [-0.3, -0.25) is 4.55 Å². The van der Waals surface area contributed by atoms with Crippen LogP contribution in [0.3, 0.4) is 0 Å². The second kappa shape index (κ2) is 8.50. The van der Waals surface area contributed by atoms with Crippen LogP contribution < -0.4 is 0 Å². The third kappa shape index (κ3) is 5.76. The molecule has 0 spiro atoms. The van der Waals surface area contributed by atoms with Crippen molar-refractivity contribution >= 4 is 51.6 Å². The van der Waals surface area contributed by atoms with Crippen LogP contribution in [0.5, 0.6) is 0 Å². The minimum atomic E-state index is -4.56. The van der Waals surface area contributed by atoms with E-state index in [9.17, 15) is 18.0 Å². The normalized spacial score (nSPS) is 10.4. The molecule has 1 aromatic rings. The molecule has 0 fully saturated rings. The number of hydrogen-bond donors (Lipinski definition) is 1. The fraction of sp³-hybridized carbons (Fsp3) is 0.333. The minimum absolute atomic E-state index is 0. The molecule has 0 heterocycles. The Morgan fingerprint density at radius 2 is 1.38 bits per heavy atom. The van der Waals surface area contributed by atoms with Crippen molar-refractivity contribution in [3.63, 3.8) is 0 Å². The summed E-state index contributed by atoms with van der Waals surface area (Å²) < 4.78 is 40.8. The van der Waals surface area contributed by atoms with Crippen LogP contribution in [0.2, 0.25) is 0 Å². The Bertz CT molecular complexity index is 588. The maximum Gasteiger partial charge on any atom is 0.338 e. The van der Waals surface area contributed by atoms with Crippen molar-refractivity contribution < 1.29 is 32.0 Å². The molecule has 7 nitrogen and oxygen atoms in total. The molecular formula is C12H14NaO7S. The largest absolute Gasteiger partial charge is 0.462 e. The number of esters is 2. The Morgan fingerprint density at radius 1 is 1.00 bits per heavy atom.